The molecular formula is C16H16FN3. The highest BCUT2D eigenvalue weighted by atomic mass is 19.1. The summed E-state index contributed by atoms with van der Waals surface area (Å²) in [5.74, 6) is -0.271. The fourth-order valence-corrected chi connectivity index (χ4v) is 2.08. The zero-order valence-electron chi connectivity index (χ0n) is 11.5. The van der Waals surface area contributed by atoms with Crippen LogP contribution in [-0.2, 0) is 6.54 Å². The first-order valence-electron chi connectivity index (χ1n) is 6.32. The molecule has 0 spiro atoms. The lowest BCUT2D eigenvalue weighted by atomic mass is 10.1. The fourth-order valence-electron chi connectivity index (χ4n) is 2.08. The molecule has 0 aromatic heterocycles. The van der Waals surface area contributed by atoms with Gasteiger partial charge in [0.25, 0.3) is 0 Å². The number of anilines is 2. The molecule has 4 heteroatoms. The maximum atomic E-state index is 13.0. The molecule has 2 aromatic rings. The SMILES string of the molecule is CNCc1ccc(N(C)c2ccc(F)cc2)c(C#N)c1. The van der Waals surface area contributed by atoms with E-state index in [4.69, 9.17) is 0 Å². The lowest BCUT2D eigenvalue weighted by Gasteiger charge is -2.21. The predicted octanol–water partition coefficient (Wildman–Crippen LogP) is 3.18. The molecule has 2 aromatic carbocycles. The Labute approximate surface area is 118 Å². The van der Waals surface area contributed by atoms with Gasteiger partial charge >= 0.3 is 0 Å². The van der Waals surface area contributed by atoms with Gasteiger partial charge in [0.15, 0.2) is 0 Å². The molecule has 0 aliphatic heterocycles. The van der Waals surface area contributed by atoms with E-state index < -0.39 is 0 Å². The first-order chi connectivity index (χ1) is 9.65. The van der Waals surface area contributed by atoms with Gasteiger partial charge in [-0.15, -0.1) is 0 Å². The summed E-state index contributed by atoms with van der Waals surface area (Å²) in [5.41, 5.74) is 3.30. The molecule has 0 bridgehead atoms. The Morgan fingerprint density at radius 3 is 2.50 bits per heavy atom. The first-order valence-corrected chi connectivity index (χ1v) is 6.32. The predicted molar refractivity (Wildman–Crippen MR) is 78.4 cm³/mol. The second kappa shape index (κ2) is 6.18. The lowest BCUT2D eigenvalue weighted by molar-refractivity contribution is 0.628. The topological polar surface area (TPSA) is 39.1 Å². The minimum Gasteiger partial charge on any atom is -0.344 e. The summed E-state index contributed by atoms with van der Waals surface area (Å²) in [6.07, 6.45) is 0. The molecule has 102 valence electrons. The van der Waals surface area contributed by atoms with Crippen molar-refractivity contribution in [2.45, 2.75) is 6.54 Å². The molecule has 0 heterocycles. The number of hydrogen-bond acceptors (Lipinski definition) is 3. The molecule has 0 saturated heterocycles. The van der Waals surface area contributed by atoms with Crippen LogP contribution in [0.3, 0.4) is 0 Å². The van der Waals surface area contributed by atoms with Crippen molar-refractivity contribution in [1.82, 2.24) is 5.32 Å². The van der Waals surface area contributed by atoms with Crippen LogP contribution >= 0.6 is 0 Å². The number of benzene rings is 2. The average molecular weight is 269 g/mol. The highest BCUT2D eigenvalue weighted by Crippen LogP contribution is 2.27. The number of hydrogen-bond donors (Lipinski definition) is 1. The molecule has 0 radical (unpaired) electrons. The van der Waals surface area contributed by atoms with Crippen LogP contribution < -0.4 is 10.2 Å². The Bertz CT molecular complexity index is 629. The van der Waals surface area contributed by atoms with E-state index in [2.05, 4.69) is 11.4 Å². The highest BCUT2D eigenvalue weighted by Gasteiger charge is 2.10. The molecule has 1 N–H and O–H groups in total. The van der Waals surface area contributed by atoms with E-state index in [0.717, 1.165) is 23.5 Å². The molecule has 0 unspecified atom stereocenters. The molecule has 0 fully saturated rings. The molecule has 0 amide bonds. The summed E-state index contributed by atoms with van der Waals surface area (Å²) in [5, 5.41) is 12.4. The Morgan fingerprint density at radius 1 is 1.20 bits per heavy atom. The molecule has 0 saturated carbocycles. The zero-order chi connectivity index (χ0) is 14.5. The van der Waals surface area contributed by atoms with Gasteiger partial charge in [-0.25, -0.2) is 4.39 Å². The van der Waals surface area contributed by atoms with Gasteiger partial charge in [0, 0.05) is 19.3 Å². The van der Waals surface area contributed by atoms with E-state index in [1.165, 1.54) is 12.1 Å². The van der Waals surface area contributed by atoms with Crippen molar-refractivity contribution < 1.29 is 4.39 Å². The third-order valence-corrected chi connectivity index (χ3v) is 3.14. The minimum atomic E-state index is -0.271. The molecule has 0 aliphatic rings. The van der Waals surface area contributed by atoms with Crippen LogP contribution in [0.15, 0.2) is 42.5 Å². The zero-order valence-corrected chi connectivity index (χ0v) is 11.5. The van der Waals surface area contributed by atoms with Gasteiger partial charge in [0.1, 0.15) is 11.9 Å². The first kappa shape index (κ1) is 14.0. The van der Waals surface area contributed by atoms with E-state index in [0.29, 0.717) is 5.56 Å². The summed E-state index contributed by atoms with van der Waals surface area (Å²) in [6.45, 7) is 0.717. The smallest absolute Gasteiger partial charge is 0.123 e. The number of nitrogens with zero attached hydrogens (tertiary/aromatic N) is 2. The summed E-state index contributed by atoms with van der Waals surface area (Å²) in [6, 6.07) is 14.2. The summed E-state index contributed by atoms with van der Waals surface area (Å²) in [7, 11) is 3.73. The Kier molecular flexibility index (Phi) is 4.34. The Hall–Kier alpha value is -2.38. The number of rotatable bonds is 4. The Morgan fingerprint density at radius 2 is 1.90 bits per heavy atom. The van der Waals surface area contributed by atoms with Crippen molar-refractivity contribution in [2.24, 2.45) is 0 Å². The second-order valence-corrected chi connectivity index (χ2v) is 4.53. The maximum Gasteiger partial charge on any atom is 0.123 e. The summed E-state index contributed by atoms with van der Waals surface area (Å²) in [4.78, 5) is 1.88. The van der Waals surface area contributed by atoms with E-state index in [-0.39, 0.29) is 5.82 Å². The van der Waals surface area contributed by atoms with Crippen molar-refractivity contribution in [3.8, 4) is 6.07 Å². The van der Waals surface area contributed by atoms with Crippen molar-refractivity contribution in [3.05, 3.63) is 59.4 Å². The van der Waals surface area contributed by atoms with Crippen molar-refractivity contribution in [2.75, 3.05) is 19.0 Å². The van der Waals surface area contributed by atoms with Crippen LogP contribution in [0.4, 0.5) is 15.8 Å². The average Bonchev–Trinajstić information content (AvgIpc) is 2.47. The molecule has 20 heavy (non-hydrogen) atoms. The van der Waals surface area contributed by atoms with Gasteiger partial charge in [-0.1, -0.05) is 6.07 Å². The number of halogens is 1. The molecule has 0 aliphatic carbocycles. The van der Waals surface area contributed by atoms with Gasteiger partial charge in [0.05, 0.1) is 11.3 Å². The molecule has 2 rings (SSSR count). The van der Waals surface area contributed by atoms with Crippen LogP contribution in [0.1, 0.15) is 11.1 Å². The van der Waals surface area contributed by atoms with Crippen LogP contribution in [0.2, 0.25) is 0 Å². The summed E-state index contributed by atoms with van der Waals surface area (Å²) >= 11 is 0. The van der Waals surface area contributed by atoms with Crippen molar-refractivity contribution in [1.29, 1.82) is 5.26 Å². The van der Waals surface area contributed by atoms with Gasteiger partial charge in [-0.05, 0) is 49.0 Å². The summed E-state index contributed by atoms with van der Waals surface area (Å²) < 4.78 is 13.0. The molecule has 0 atom stereocenters. The lowest BCUT2D eigenvalue weighted by Crippen LogP contribution is -2.12. The quantitative estimate of drug-likeness (QED) is 0.926. The fraction of sp³-hybridized carbons (Fsp3) is 0.188. The van der Waals surface area contributed by atoms with E-state index >= 15 is 0 Å². The Balaban J connectivity index is 2.36. The molecular weight excluding hydrogens is 253 g/mol. The van der Waals surface area contributed by atoms with Crippen LogP contribution in [0.5, 0.6) is 0 Å². The standard InChI is InChI=1S/C16H16FN3/c1-19-11-12-3-8-16(13(9-12)10-18)20(2)15-6-4-14(17)5-7-15/h3-9,19H,11H2,1-2H3. The third kappa shape index (κ3) is 2.95. The van der Waals surface area contributed by atoms with E-state index in [1.54, 1.807) is 12.1 Å². The minimum absolute atomic E-state index is 0.271. The van der Waals surface area contributed by atoms with Gasteiger partial charge in [-0.2, -0.15) is 5.26 Å². The second-order valence-electron chi connectivity index (χ2n) is 4.53. The maximum absolute atomic E-state index is 13.0. The number of nitrogens with one attached hydrogen (secondary N) is 1. The van der Waals surface area contributed by atoms with Crippen LogP contribution in [0.25, 0.3) is 0 Å². The van der Waals surface area contributed by atoms with E-state index in [9.17, 15) is 9.65 Å². The van der Waals surface area contributed by atoms with Crippen LogP contribution in [-0.4, -0.2) is 14.1 Å². The van der Waals surface area contributed by atoms with Gasteiger partial charge < -0.3 is 10.2 Å². The third-order valence-electron chi connectivity index (χ3n) is 3.14. The van der Waals surface area contributed by atoms with Gasteiger partial charge in [0.2, 0.25) is 0 Å². The van der Waals surface area contributed by atoms with Crippen molar-refractivity contribution in [3.63, 3.8) is 0 Å². The van der Waals surface area contributed by atoms with Crippen LogP contribution in [0, 0.1) is 17.1 Å². The van der Waals surface area contributed by atoms with Gasteiger partial charge in [-0.3, -0.25) is 0 Å². The van der Waals surface area contributed by atoms with E-state index in [1.807, 2.05) is 37.2 Å². The molecule has 3 nitrogen and oxygen atoms in total. The van der Waals surface area contributed by atoms with Crippen molar-refractivity contribution >= 4 is 11.4 Å². The highest BCUT2D eigenvalue weighted by molar-refractivity contribution is 5.69. The largest absolute Gasteiger partial charge is 0.344 e. The monoisotopic (exact) mass is 269 g/mol. The number of nitriles is 1. The normalized spacial score (nSPS) is 10.1.